The number of aryl methyl sites for hydroxylation is 1. The number of benzene rings is 1. The van der Waals surface area contributed by atoms with Crippen molar-refractivity contribution in [3.05, 3.63) is 52.6 Å². The third-order valence-corrected chi connectivity index (χ3v) is 2.76. The van der Waals surface area contributed by atoms with Crippen LogP contribution in [0.5, 0.6) is 0 Å². The number of amides is 1. The predicted molar refractivity (Wildman–Crippen MR) is 73.8 cm³/mol. The van der Waals surface area contributed by atoms with Crippen LogP contribution in [0.4, 0.5) is 5.69 Å². The second-order valence-corrected chi connectivity index (χ2v) is 4.50. The second kappa shape index (κ2) is 5.67. The highest BCUT2D eigenvalue weighted by atomic mass is 35.5. The number of nitrogen functional groups attached to an aromatic ring is 1. The zero-order valence-corrected chi connectivity index (χ0v) is 11.1. The highest BCUT2D eigenvalue weighted by Gasteiger charge is 2.10. The van der Waals surface area contributed by atoms with E-state index in [1.165, 1.54) is 6.07 Å². The van der Waals surface area contributed by atoms with Gasteiger partial charge in [0.15, 0.2) is 0 Å². The van der Waals surface area contributed by atoms with Crippen LogP contribution in [0.3, 0.4) is 0 Å². The molecule has 6 heteroatoms. The third kappa shape index (κ3) is 3.42. The number of nitrogens with one attached hydrogen (secondary N) is 1. The standard InChI is InChI=1S/C13H13ClN4O/c1-8-5-17-10(6-16-8)7-18-13(19)11-4-9(14)2-3-12(11)15/h2-6H,7,15H2,1H3,(H,18,19). The molecule has 1 aromatic carbocycles. The van der Waals surface area contributed by atoms with Crippen molar-refractivity contribution >= 4 is 23.2 Å². The number of hydrogen-bond donors (Lipinski definition) is 2. The topological polar surface area (TPSA) is 80.9 Å². The van der Waals surface area contributed by atoms with Crippen molar-refractivity contribution in [1.29, 1.82) is 0 Å². The van der Waals surface area contributed by atoms with Crippen molar-refractivity contribution in [2.75, 3.05) is 5.73 Å². The molecule has 2 aromatic rings. The van der Waals surface area contributed by atoms with Crippen LogP contribution >= 0.6 is 11.6 Å². The minimum absolute atomic E-state index is 0.289. The molecule has 5 nitrogen and oxygen atoms in total. The van der Waals surface area contributed by atoms with E-state index in [4.69, 9.17) is 17.3 Å². The molecule has 0 atom stereocenters. The molecule has 0 aliphatic heterocycles. The summed E-state index contributed by atoms with van der Waals surface area (Å²) in [6.45, 7) is 2.14. The number of carbonyl (C=O) groups is 1. The summed E-state index contributed by atoms with van der Waals surface area (Å²) < 4.78 is 0. The van der Waals surface area contributed by atoms with Crippen LogP contribution in [0.15, 0.2) is 30.6 Å². The largest absolute Gasteiger partial charge is 0.398 e. The molecule has 1 heterocycles. The normalized spacial score (nSPS) is 10.2. The SMILES string of the molecule is Cc1cnc(CNC(=O)c2cc(Cl)ccc2N)cn1. The number of hydrogen-bond acceptors (Lipinski definition) is 4. The first-order valence-corrected chi connectivity index (χ1v) is 6.05. The third-order valence-electron chi connectivity index (χ3n) is 2.52. The van der Waals surface area contributed by atoms with Gasteiger partial charge in [-0.1, -0.05) is 11.6 Å². The Morgan fingerprint density at radius 1 is 1.37 bits per heavy atom. The molecule has 0 fully saturated rings. The average molecular weight is 277 g/mol. The van der Waals surface area contributed by atoms with Crippen LogP contribution in [-0.4, -0.2) is 15.9 Å². The van der Waals surface area contributed by atoms with E-state index >= 15 is 0 Å². The maximum Gasteiger partial charge on any atom is 0.253 e. The zero-order valence-electron chi connectivity index (χ0n) is 10.4. The summed E-state index contributed by atoms with van der Waals surface area (Å²) >= 11 is 5.84. The number of nitrogens with zero attached hydrogens (tertiary/aromatic N) is 2. The summed E-state index contributed by atoms with van der Waals surface area (Å²) in [6, 6.07) is 4.77. The summed E-state index contributed by atoms with van der Waals surface area (Å²) in [5.41, 5.74) is 7.98. The first kappa shape index (κ1) is 13.3. The Morgan fingerprint density at radius 2 is 2.16 bits per heavy atom. The van der Waals surface area contributed by atoms with Crippen LogP contribution in [0.1, 0.15) is 21.7 Å². The second-order valence-electron chi connectivity index (χ2n) is 4.06. The lowest BCUT2D eigenvalue weighted by atomic mass is 10.1. The van der Waals surface area contributed by atoms with Gasteiger partial charge in [0.25, 0.3) is 5.91 Å². The molecule has 0 radical (unpaired) electrons. The Bertz CT molecular complexity index is 598. The van der Waals surface area contributed by atoms with Gasteiger partial charge in [0.1, 0.15) is 0 Å². The highest BCUT2D eigenvalue weighted by molar-refractivity contribution is 6.31. The van der Waals surface area contributed by atoms with Crippen LogP contribution in [0.2, 0.25) is 5.02 Å². The predicted octanol–water partition coefficient (Wildman–Crippen LogP) is 1.95. The summed E-state index contributed by atoms with van der Waals surface area (Å²) in [4.78, 5) is 20.2. The zero-order chi connectivity index (χ0) is 13.8. The lowest BCUT2D eigenvalue weighted by Gasteiger charge is -2.07. The lowest BCUT2D eigenvalue weighted by molar-refractivity contribution is 0.0951. The van der Waals surface area contributed by atoms with E-state index in [1.807, 2.05) is 6.92 Å². The molecular weight excluding hydrogens is 264 g/mol. The van der Waals surface area contributed by atoms with Crippen LogP contribution in [0, 0.1) is 6.92 Å². The Balaban J connectivity index is 2.05. The van der Waals surface area contributed by atoms with Crippen molar-refractivity contribution in [3.8, 4) is 0 Å². The fraction of sp³-hybridized carbons (Fsp3) is 0.154. The van der Waals surface area contributed by atoms with Gasteiger partial charge in [-0.25, -0.2) is 0 Å². The van der Waals surface area contributed by atoms with Gasteiger partial charge < -0.3 is 11.1 Å². The van der Waals surface area contributed by atoms with Crippen LogP contribution in [0.25, 0.3) is 0 Å². The Morgan fingerprint density at radius 3 is 2.84 bits per heavy atom. The Labute approximate surface area is 115 Å². The fourth-order valence-electron chi connectivity index (χ4n) is 1.50. The van der Waals surface area contributed by atoms with E-state index in [-0.39, 0.29) is 12.5 Å². The smallest absolute Gasteiger partial charge is 0.253 e. The molecule has 98 valence electrons. The lowest BCUT2D eigenvalue weighted by Crippen LogP contribution is -2.24. The van der Waals surface area contributed by atoms with E-state index in [1.54, 1.807) is 24.5 Å². The van der Waals surface area contributed by atoms with E-state index in [2.05, 4.69) is 15.3 Å². The van der Waals surface area contributed by atoms with Gasteiger partial charge in [0, 0.05) is 16.9 Å². The monoisotopic (exact) mass is 276 g/mol. The Kier molecular flexibility index (Phi) is 3.97. The number of anilines is 1. The molecule has 0 bridgehead atoms. The average Bonchev–Trinajstić information content (AvgIpc) is 2.40. The number of nitrogens with two attached hydrogens (primary N) is 1. The maximum atomic E-state index is 12.0. The minimum Gasteiger partial charge on any atom is -0.398 e. The molecule has 0 aliphatic rings. The van der Waals surface area contributed by atoms with Gasteiger partial charge >= 0.3 is 0 Å². The molecule has 0 saturated heterocycles. The molecule has 0 unspecified atom stereocenters. The quantitative estimate of drug-likeness (QED) is 0.840. The van der Waals surface area contributed by atoms with Gasteiger partial charge in [-0.15, -0.1) is 0 Å². The number of halogens is 1. The van der Waals surface area contributed by atoms with Gasteiger partial charge in [-0.05, 0) is 25.1 Å². The first-order valence-electron chi connectivity index (χ1n) is 5.67. The summed E-state index contributed by atoms with van der Waals surface area (Å²) in [5, 5.41) is 3.19. The van der Waals surface area contributed by atoms with Crippen LogP contribution < -0.4 is 11.1 Å². The molecule has 19 heavy (non-hydrogen) atoms. The molecular formula is C13H13ClN4O. The molecule has 2 rings (SSSR count). The number of rotatable bonds is 3. The van der Waals surface area contributed by atoms with Crippen molar-refractivity contribution in [3.63, 3.8) is 0 Å². The number of carbonyl (C=O) groups excluding carboxylic acids is 1. The highest BCUT2D eigenvalue weighted by Crippen LogP contribution is 2.17. The maximum absolute atomic E-state index is 12.0. The molecule has 0 aliphatic carbocycles. The van der Waals surface area contributed by atoms with Crippen molar-refractivity contribution in [1.82, 2.24) is 15.3 Å². The van der Waals surface area contributed by atoms with Crippen molar-refractivity contribution in [2.24, 2.45) is 0 Å². The van der Waals surface area contributed by atoms with Gasteiger partial charge in [-0.3, -0.25) is 14.8 Å². The van der Waals surface area contributed by atoms with Gasteiger partial charge in [-0.2, -0.15) is 0 Å². The molecule has 1 amide bonds. The van der Waals surface area contributed by atoms with Crippen molar-refractivity contribution in [2.45, 2.75) is 13.5 Å². The molecule has 0 saturated carbocycles. The molecule has 0 spiro atoms. The summed E-state index contributed by atoms with van der Waals surface area (Å²) in [6.07, 6.45) is 3.27. The van der Waals surface area contributed by atoms with Crippen molar-refractivity contribution < 1.29 is 4.79 Å². The van der Waals surface area contributed by atoms with Gasteiger partial charge in [0.2, 0.25) is 0 Å². The molecule has 1 aromatic heterocycles. The first-order chi connectivity index (χ1) is 9.06. The fourth-order valence-corrected chi connectivity index (χ4v) is 1.67. The van der Waals surface area contributed by atoms with Crippen LogP contribution in [-0.2, 0) is 6.54 Å². The van der Waals surface area contributed by atoms with E-state index in [0.29, 0.717) is 22.0 Å². The summed E-state index contributed by atoms with van der Waals surface area (Å²) in [7, 11) is 0. The number of aromatic nitrogens is 2. The van der Waals surface area contributed by atoms with E-state index in [9.17, 15) is 4.79 Å². The Hall–Kier alpha value is -2.14. The summed E-state index contributed by atoms with van der Waals surface area (Å²) in [5.74, 6) is -0.289. The minimum atomic E-state index is -0.289. The molecule has 3 N–H and O–H groups in total. The van der Waals surface area contributed by atoms with E-state index in [0.717, 1.165) is 5.69 Å². The van der Waals surface area contributed by atoms with E-state index < -0.39 is 0 Å². The van der Waals surface area contributed by atoms with Gasteiger partial charge in [0.05, 0.1) is 29.7 Å².